The first-order valence-corrected chi connectivity index (χ1v) is 8.73. The molecule has 122 valence electrons. The van der Waals surface area contributed by atoms with Crippen molar-refractivity contribution in [2.24, 2.45) is 5.92 Å². The average Bonchev–Trinajstić information content (AvgIpc) is 2.61. The maximum Gasteiger partial charge on any atom is 0.122 e. The van der Waals surface area contributed by atoms with Gasteiger partial charge in [-0.3, -0.25) is 0 Å². The van der Waals surface area contributed by atoms with Crippen molar-refractivity contribution in [1.82, 2.24) is 5.32 Å². The quantitative estimate of drug-likeness (QED) is 0.872. The highest BCUT2D eigenvalue weighted by molar-refractivity contribution is 5.35. The van der Waals surface area contributed by atoms with Crippen LogP contribution in [0.3, 0.4) is 0 Å². The van der Waals surface area contributed by atoms with E-state index in [1.807, 2.05) is 0 Å². The molecular formula is C21H27NO. The van der Waals surface area contributed by atoms with Crippen LogP contribution in [-0.2, 0) is 0 Å². The second-order valence-electron chi connectivity index (χ2n) is 6.77. The lowest BCUT2D eigenvalue weighted by molar-refractivity contribution is 0.195. The van der Waals surface area contributed by atoms with Crippen LogP contribution in [0.1, 0.15) is 43.2 Å². The fourth-order valence-corrected chi connectivity index (χ4v) is 3.52. The lowest BCUT2D eigenvalue weighted by Crippen LogP contribution is -2.38. The van der Waals surface area contributed by atoms with E-state index in [-0.39, 0.29) is 0 Å². The first-order valence-electron chi connectivity index (χ1n) is 8.73. The Hall–Kier alpha value is -1.80. The maximum absolute atomic E-state index is 6.25. The van der Waals surface area contributed by atoms with E-state index in [1.165, 1.54) is 17.5 Å². The molecule has 0 bridgehead atoms. The largest absolute Gasteiger partial charge is 0.493 e. The van der Waals surface area contributed by atoms with Crippen LogP contribution < -0.4 is 10.1 Å². The summed E-state index contributed by atoms with van der Waals surface area (Å²) < 4.78 is 6.25. The van der Waals surface area contributed by atoms with Crippen molar-refractivity contribution in [3.05, 3.63) is 65.7 Å². The van der Waals surface area contributed by atoms with Gasteiger partial charge in [0, 0.05) is 12.5 Å². The molecule has 0 saturated carbocycles. The number of hydrogen-bond donors (Lipinski definition) is 1. The number of rotatable bonds is 5. The van der Waals surface area contributed by atoms with Gasteiger partial charge >= 0.3 is 0 Å². The van der Waals surface area contributed by atoms with Gasteiger partial charge < -0.3 is 10.1 Å². The Balaban J connectivity index is 1.71. The Morgan fingerprint density at radius 1 is 1.04 bits per heavy atom. The van der Waals surface area contributed by atoms with Crippen LogP contribution in [0.2, 0.25) is 0 Å². The predicted octanol–water partition coefficient (Wildman–Crippen LogP) is 4.58. The summed E-state index contributed by atoms with van der Waals surface area (Å²) in [4.78, 5) is 0. The minimum Gasteiger partial charge on any atom is -0.493 e. The van der Waals surface area contributed by atoms with Crippen molar-refractivity contribution in [1.29, 1.82) is 0 Å². The van der Waals surface area contributed by atoms with E-state index in [9.17, 15) is 0 Å². The molecule has 1 aliphatic heterocycles. The molecule has 0 radical (unpaired) electrons. The number of ether oxygens (including phenoxy) is 1. The molecule has 0 amide bonds. The molecule has 3 rings (SSSR count). The van der Waals surface area contributed by atoms with Crippen molar-refractivity contribution >= 4 is 0 Å². The number of benzene rings is 2. The third-order valence-corrected chi connectivity index (χ3v) is 4.83. The molecule has 0 spiro atoms. The van der Waals surface area contributed by atoms with Gasteiger partial charge in [-0.1, -0.05) is 62.4 Å². The van der Waals surface area contributed by atoms with Crippen molar-refractivity contribution in [3.8, 4) is 5.75 Å². The summed E-state index contributed by atoms with van der Waals surface area (Å²) in [6.07, 6.45) is 1.18. The monoisotopic (exact) mass is 309 g/mol. The summed E-state index contributed by atoms with van der Waals surface area (Å²) in [7, 11) is 0. The van der Waals surface area contributed by atoms with E-state index in [1.54, 1.807) is 0 Å². The summed E-state index contributed by atoms with van der Waals surface area (Å²) in [5, 5.41) is 3.53. The van der Waals surface area contributed by atoms with Crippen LogP contribution in [0.15, 0.2) is 54.6 Å². The van der Waals surface area contributed by atoms with Gasteiger partial charge in [-0.15, -0.1) is 0 Å². The third kappa shape index (κ3) is 3.94. The molecule has 23 heavy (non-hydrogen) atoms. The summed E-state index contributed by atoms with van der Waals surface area (Å²) in [6.45, 7) is 7.34. The maximum atomic E-state index is 6.25. The zero-order chi connectivity index (χ0) is 16.1. The first kappa shape index (κ1) is 16.1. The molecular weight excluding hydrogens is 282 g/mol. The summed E-state index contributed by atoms with van der Waals surface area (Å²) >= 11 is 0. The number of hydrogen-bond acceptors (Lipinski definition) is 2. The molecule has 2 nitrogen and oxygen atoms in total. The molecule has 2 heteroatoms. The molecule has 0 aromatic heterocycles. The topological polar surface area (TPSA) is 21.3 Å². The van der Waals surface area contributed by atoms with Crippen LogP contribution in [0.25, 0.3) is 0 Å². The Labute approximate surface area is 139 Å². The van der Waals surface area contributed by atoms with Crippen LogP contribution in [0, 0.1) is 5.92 Å². The minimum atomic E-state index is 0.487. The second-order valence-corrected chi connectivity index (χ2v) is 6.77. The fraction of sp³-hybridized carbons (Fsp3) is 0.429. The van der Waals surface area contributed by atoms with Crippen LogP contribution in [0.5, 0.6) is 5.75 Å². The molecule has 1 aliphatic rings. The molecule has 2 aromatic rings. The van der Waals surface area contributed by atoms with Gasteiger partial charge in [-0.05, 0) is 42.0 Å². The average molecular weight is 309 g/mol. The Bertz CT molecular complexity index is 608. The van der Waals surface area contributed by atoms with Gasteiger partial charge in [0.15, 0.2) is 0 Å². The van der Waals surface area contributed by atoms with Gasteiger partial charge in [0.2, 0.25) is 0 Å². The highest BCUT2D eigenvalue weighted by Crippen LogP contribution is 2.32. The second kappa shape index (κ2) is 7.65. The molecule has 1 N–H and O–H groups in total. The summed E-state index contributed by atoms with van der Waals surface area (Å²) in [6, 6.07) is 19.3. The van der Waals surface area contributed by atoms with E-state index in [2.05, 4.69) is 73.8 Å². The zero-order valence-electron chi connectivity index (χ0n) is 14.2. The van der Waals surface area contributed by atoms with E-state index in [4.69, 9.17) is 4.74 Å². The SMILES string of the molecule is CC(C)c1ccccc1OC[C@H]1CNCC[C@@H]1c1ccccc1. The fourth-order valence-electron chi connectivity index (χ4n) is 3.52. The molecule has 2 aromatic carbocycles. The van der Waals surface area contributed by atoms with Gasteiger partial charge in [-0.25, -0.2) is 0 Å². The Morgan fingerprint density at radius 3 is 2.57 bits per heavy atom. The molecule has 1 heterocycles. The predicted molar refractivity (Wildman–Crippen MR) is 96.2 cm³/mol. The van der Waals surface area contributed by atoms with E-state index < -0.39 is 0 Å². The van der Waals surface area contributed by atoms with Crippen molar-refractivity contribution in [3.63, 3.8) is 0 Å². The third-order valence-electron chi connectivity index (χ3n) is 4.83. The van der Waals surface area contributed by atoms with Crippen LogP contribution in [-0.4, -0.2) is 19.7 Å². The summed E-state index contributed by atoms with van der Waals surface area (Å²) in [5.41, 5.74) is 2.74. The highest BCUT2D eigenvalue weighted by atomic mass is 16.5. The lowest BCUT2D eigenvalue weighted by atomic mass is 9.81. The molecule has 1 fully saturated rings. The van der Waals surface area contributed by atoms with Gasteiger partial charge in [0.05, 0.1) is 6.61 Å². The Kier molecular flexibility index (Phi) is 5.35. The molecule has 0 unspecified atom stereocenters. The van der Waals surface area contributed by atoms with E-state index >= 15 is 0 Å². The minimum absolute atomic E-state index is 0.487. The molecule has 2 atom stereocenters. The lowest BCUT2D eigenvalue weighted by Gasteiger charge is -2.32. The number of piperidine rings is 1. The van der Waals surface area contributed by atoms with E-state index in [0.29, 0.717) is 17.8 Å². The van der Waals surface area contributed by atoms with Crippen molar-refractivity contribution in [2.75, 3.05) is 19.7 Å². The molecule has 0 aliphatic carbocycles. The zero-order valence-corrected chi connectivity index (χ0v) is 14.2. The van der Waals surface area contributed by atoms with Crippen molar-refractivity contribution < 1.29 is 4.74 Å². The van der Waals surface area contributed by atoms with Gasteiger partial charge in [0.25, 0.3) is 0 Å². The van der Waals surface area contributed by atoms with Gasteiger partial charge in [-0.2, -0.15) is 0 Å². The first-order chi connectivity index (χ1) is 11.3. The normalized spacial score (nSPS) is 21.3. The number of para-hydroxylation sites is 1. The molecule has 1 saturated heterocycles. The van der Waals surface area contributed by atoms with Crippen molar-refractivity contribution in [2.45, 2.75) is 32.1 Å². The highest BCUT2D eigenvalue weighted by Gasteiger charge is 2.27. The smallest absolute Gasteiger partial charge is 0.122 e. The Morgan fingerprint density at radius 2 is 1.78 bits per heavy atom. The van der Waals surface area contributed by atoms with Crippen LogP contribution >= 0.6 is 0 Å². The van der Waals surface area contributed by atoms with Gasteiger partial charge in [0.1, 0.15) is 5.75 Å². The standard InChI is InChI=1S/C21H27NO/c1-16(2)19-10-6-7-11-21(19)23-15-18-14-22-13-12-20(18)17-8-4-3-5-9-17/h3-11,16,18,20,22H,12-15H2,1-2H3/t18-,20-/m1/s1. The number of nitrogens with one attached hydrogen (secondary N) is 1. The summed E-state index contributed by atoms with van der Waals surface area (Å²) in [5.74, 6) is 2.63. The van der Waals surface area contributed by atoms with E-state index in [0.717, 1.165) is 25.4 Å². The van der Waals surface area contributed by atoms with Crippen LogP contribution in [0.4, 0.5) is 0 Å².